The van der Waals surface area contributed by atoms with E-state index in [0.717, 1.165) is 0 Å². The van der Waals surface area contributed by atoms with Crippen LogP contribution in [0, 0.1) is 0 Å². The van der Waals surface area contributed by atoms with Crippen molar-refractivity contribution in [2.24, 2.45) is 0 Å². The molecule has 2 rings (SSSR count). The SMILES string of the molecule is C[C@]12C=C[C@@](C)(O1)C(Cl)(Cl)C(=O)C2(Cl)Cl. The predicted octanol–water partition coefficient (Wildman–Crippen LogP) is 3.02. The van der Waals surface area contributed by atoms with Gasteiger partial charge in [0.15, 0.2) is 0 Å². The van der Waals surface area contributed by atoms with Crippen molar-refractivity contribution < 1.29 is 9.53 Å². The summed E-state index contributed by atoms with van der Waals surface area (Å²) >= 11 is 23.9. The molecular formula is C9H8Cl4O2. The smallest absolute Gasteiger partial charge is 0.211 e. The molecule has 0 aliphatic carbocycles. The third kappa shape index (κ3) is 1.20. The number of carbonyl (C=O) groups is 1. The van der Waals surface area contributed by atoms with Crippen molar-refractivity contribution in [1.29, 1.82) is 0 Å². The highest BCUT2D eigenvalue weighted by Gasteiger charge is 2.72. The molecule has 1 saturated heterocycles. The highest BCUT2D eigenvalue weighted by atomic mass is 35.5. The molecule has 0 N–H and O–H groups in total. The molecule has 0 aromatic carbocycles. The van der Waals surface area contributed by atoms with Gasteiger partial charge in [0.2, 0.25) is 14.4 Å². The number of halogens is 4. The number of fused-ring (bicyclic) bond motifs is 2. The van der Waals surface area contributed by atoms with Crippen molar-refractivity contribution in [2.45, 2.75) is 33.7 Å². The molecule has 2 aliphatic rings. The van der Waals surface area contributed by atoms with E-state index >= 15 is 0 Å². The van der Waals surface area contributed by atoms with Gasteiger partial charge in [-0.1, -0.05) is 58.6 Å². The summed E-state index contributed by atoms with van der Waals surface area (Å²) in [4.78, 5) is 12.0. The summed E-state index contributed by atoms with van der Waals surface area (Å²) in [7, 11) is 0. The van der Waals surface area contributed by atoms with Gasteiger partial charge in [-0.3, -0.25) is 4.79 Å². The lowest BCUT2D eigenvalue weighted by Crippen LogP contribution is -2.66. The van der Waals surface area contributed by atoms with E-state index in [1.54, 1.807) is 26.0 Å². The van der Waals surface area contributed by atoms with Crippen LogP contribution in [0.5, 0.6) is 0 Å². The third-order valence-electron chi connectivity index (χ3n) is 2.96. The molecule has 0 aromatic rings. The van der Waals surface area contributed by atoms with E-state index in [1.165, 1.54) is 0 Å². The van der Waals surface area contributed by atoms with Crippen LogP contribution >= 0.6 is 46.4 Å². The zero-order valence-corrected chi connectivity index (χ0v) is 11.0. The molecule has 2 aliphatic heterocycles. The molecular weight excluding hydrogens is 282 g/mol. The number of hydrogen-bond acceptors (Lipinski definition) is 2. The second-order valence-electron chi connectivity index (χ2n) is 4.13. The van der Waals surface area contributed by atoms with Crippen LogP contribution in [-0.2, 0) is 9.53 Å². The molecule has 2 bridgehead atoms. The van der Waals surface area contributed by atoms with Gasteiger partial charge >= 0.3 is 0 Å². The Balaban J connectivity index is 2.64. The van der Waals surface area contributed by atoms with E-state index in [1.807, 2.05) is 0 Å². The second-order valence-corrected chi connectivity index (χ2v) is 6.78. The van der Waals surface area contributed by atoms with Crippen molar-refractivity contribution in [3.05, 3.63) is 12.2 Å². The fraction of sp³-hybridized carbons (Fsp3) is 0.667. The Morgan fingerprint density at radius 1 is 1.00 bits per heavy atom. The first kappa shape index (κ1) is 12.0. The molecule has 2 nitrogen and oxygen atoms in total. The first-order chi connectivity index (χ1) is 6.57. The number of carbonyl (C=O) groups excluding carboxylic acids is 1. The topological polar surface area (TPSA) is 26.3 Å². The quantitative estimate of drug-likeness (QED) is 0.506. The van der Waals surface area contributed by atoms with E-state index in [2.05, 4.69) is 0 Å². The first-order valence-corrected chi connectivity index (χ1v) is 5.79. The molecule has 0 aromatic heterocycles. The van der Waals surface area contributed by atoms with Crippen LogP contribution in [0.1, 0.15) is 13.8 Å². The lowest BCUT2D eigenvalue weighted by atomic mass is 9.90. The molecule has 0 amide bonds. The van der Waals surface area contributed by atoms with E-state index in [9.17, 15) is 4.79 Å². The van der Waals surface area contributed by atoms with Gasteiger partial charge in [0.1, 0.15) is 11.2 Å². The zero-order chi connectivity index (χ0) is 11.7. The van der Waals surface area contributed by atoms with E-state index < -0.39 is 25.7 Å². The molecule has 0 unspecified atom stereocenters. The zero-order valence-electron chi connectivity index (χ0n) is 7.98. The molecule has 2 heterocycles. The van der Waals surface area contributed by atoms with Gasteiger partial charge in [0.05, 0.1) is 0 Å². The molecule has 84 valence electrons. The van der Waals surface area contributed by atoms with Crippen LogP contribution in [0.15, 0.2) is 12.2 Å². The molecule has 2 atom stereocenters. The molecule has 0 saturated carbocycles. The Morgan fingerprint density at radius 2 is 1.33 bits per heavy atom. The van der Waals surface area contributed by atoms with Crippen LogP contribution in [0.25, 0.3) is 0 Å². The summed E-state index contributed by atoms with van der Waals surface area (Å²) in [6, 6.07) is 0. The van der Waals surface area contributed by atoms with Crippen LogP contribution in [0.4, 0.5) is 0 Å². The van der Waals surface area contributed by atoms with Gasteiger partial charge in [0, 0.05) is 0 Å². The van der Waals surface area contributed by atoms with Gasteiger partial charge < -0.3 is 4.74 Å². The molecule has 0 radical (unpaired) electrons. The van der Waals surface area contributed by atoms with Gasteiger partial charge in [-0.2, -0.15) is 0 Å². The summed E-state index contributed by atoms with van der Waals surface area (Å²) in [6.45, 7) is 3.24. The van der Waals surface area contributed by atoms with E-state index in [-0.39, 0.29) is 0 Å². The Hall–Kier alpha value is 0.530. The summed E-state index contributed by atoms with van der Waals surface area (Å²) in [6.07, 6.45) is 3.24. The number of ketones is 1. The third-order valence-corrected chi connectivity index (χ3v) is 5.15. The minimum atomic E-state index is -1.77. The predicted molar refractivity (Wildman–Crippen MR) is 60.9 cm³/mol. The summed E-state index contributed by atoms with van der Waals surface area (Å²) in [5.41, 5.74) is -2.18. The maximum absolute atomic E-state index is 12.0. The van der Waals surface area contributed by atoms with Crippen LogP contribution in [0.3, 0.4) is 0 Å². The highest BCUT2D eigenvalue weighted by molar-refractivity contribution is 6.70. The van der Waals surface area contributed by atoms with Gasteiger partial charge in [-0.05, 0) is 13.8 Å². The highest BCUT2D eigenvalue weighted by Crippen LogP contribution is 2.59. The van der Waals surface area contributed by atoms with Crippen molar-refractivity contribution in [3.63, 3.8) is 0 Å². The maximum atomic E-state index is 12.0. The number of Topliss-reactive ketones (excluding diaryl/α,β-unsaturated/α-hetero) is 1. The van der Waals surface area contributed by atoms with Crippen molar-refractivity contribution in [2.75, 3.05) is 0 Å². The minimum absolute atomic E-state index is 0.650. The fourth-order valence-corrected chi connectivity index (χ4v) is 2.98. The van der Waals surface area contributed by atoms with E-state index in [0.29, 0.717) is 0 Å². The van der Waals surface area contributed by atoms with Gasteiger partial charge in [-0.25, -0.2) is 0 Å². The summed E-state index contributed by atoms with van der Waals surface area (Å²) in [5, 5.41) is 0. The van der Waals surface area contributed by atoms with Crippen molar-refractivity contribution >= 4 is 52.2 Å². The molecule has 0 spiro atoms. The van der Waals surface area contributed by atoms with Crippen LogP contribution in [0.2, 0.25) is 0 Å². The normalized spacial score (nSPS) is 45.9. The number of rotatable bonds is 0. The molecule has 1 fully saturated rings. The number of hydrogen-bond donors (Lipinski definition) is 0. The van der Waals surface area contributed by atoms with Crippen LogP contribution in [-0.4, -0.2) is 25.7 Å². The Kier molecular flexibility index (Phi) is 2.28. The number of ether oxygens (including phenoxy) is 1. The lowest BCUT2D eigenvalue weighted by molar-refractivity contribution is -0.153. The average Bonchev–Trinajstić information content (AvgIpc) is 2.42. The Labute approximate surface area is 107 Å². The van der Waals surface area contributed by atoms with Gasteiger partial charge in [0.25, 0.3) is 0 Å². The lowest BCUT2D eigenvalue weighted by Gasteiger charge is -2.49. The Morgan fingerprint density at radius 3 is 1.67 bits per heavy atom. The largest absolute Gasteiger partial charge is 0.354 e. The second kappa shape index (κ2) is 2.85. The average molecular weight is 290 g/mol. The van der Waals surface area contributed by atoms with Crippen molar-refractivity contribution in [1.82, 2.24) is 0 Å². The fourth-order valence-electron chi connectivity index (χ4n) is 1.81. The molecule has 6 heteroatoms. The molecule has 15 heavy (non-hydrogen) atoms. The standard InChI is InChI=1S/C9H8Cl4O2/c1-6-3-4-7(2,15-6)9(12,13)5(14)8(6,10)11/h3-4H,1-2H3/t6-,7-/m1/s1. The van der Waals surface area contributed by atoms with Crippen molar-refractivity contribution in [3.8, 4) is 0 Å². The number of alkyl halides is 4. The van der Waals surface area contributed by atoms with Gasteiger partial charge in [-0.15, -0.1) is 0 Å². The monoisotopic (exact) mass is 288 g/mol. The Bertz CT molecular complexity index is 344. The van der Waals surface area contributed by atoms with Crippen LogP contribution < -0.4 is 0 Å². The first-order valence-electron chi connectivity index (χ1n) is 4.28. The minimum Gasteiger partial charge on any atom is -0.354 e. The van der Waals surface area contributed by atoms with E-state index in [4.69, 9.17) is 51.1 Å². The maximum Gasteiger partial charge on any atom is 0.211 e. The summed E-state index contributed by atoms with van der Waals surface area (Å²) in [5.74, 6) is -0.650. The summed E-state index contributed by atoms with van der Waals surface area (Å²) < 4.78 is 2.06.